The smallest absolute Gasteiger partial charge is 0.439 e. The van der Waals surface area contributed by atoms with E-state index in [1.165, 1.54) is 37.4 Å². The van der Waals surface area contributed by atoms with Crippen molar-refractivity contribution in [3.8, 4) is 11.4 Å². The summed E-state index contributed by atoms with van der Waals surface area (Å²) in [5.74, 6) is -4.52. The van der Waals surface area contributed by atoms with Gasteiger partial charge in [0.2, 0.25) is 0 Å². The molecule has 0 aliphatic carbocycles. The van der Waals surface area contributed by atoms with Gasteiger partial charge in [-0.1, -0.05) is 35.5 Å². The van der Waals surface area contributed by atoms with Crippen molar-refractivity contribution in [3.05, 3.63) is 100 Å². The maximum atomic E-state index is 14.7. The number of likely N-dealkylation sites (N-methyl/N-ethyl adjacent to an activating group) is 1. The molecule has 0 spiro atoms. The van der Waals surface area contributed by atoms with Gasteiger partial charge in [0.05, 0.1) is 6.61 Å². The lowest BCUT2D eigenvalue weighted by molar-refractivity contribution is -0.150. The minimum absolute atomic E-state index is 0.00389. The molecule has 0 radical (unpaired) electrons. The van der Waals surface area contributed by atoms with Crippen molar-refractivity contribution in [1.29, 1.82) is 0 Å². The van der Waals surface area contributed by atoms with Crippen LogP contribution in [-0.4, -0.2) is 82.8 Å². The molecule has 0 saturated carbocycles. The van der Waals surface area contributed by atoms with Crippen LogP contribution in [0.1, 0.15) is 15.9 Å². The molecule has 2 atom stereocenters. The van der Waals surface area contributed by atoms with Crippen LogP contribution in [0.25, 0.3) is 11.4 Å². The van der Waals surface area contributed by atoms with Crippen molar-refractivity contribution in [2.45, 2.75) is 18.8 Å². The third kappa shape index (κ3) is 7.51. The predicted molar refractivity (Wildman–Crippen MR) is 159 cm³/mol. The second-order valence-electron chi connectivity index (χ2n) is 10.2. The molecule has 1 aliphatic heterocycles. The first-order chi connectivity index (χ1) is 22.1. The number of aliphatic hydroxyl groups excluding tert-OH is 1. The summed E-state index contributed by atoms with van der Waals surface area (Å²) in [6.07, 6.45) is -3.57. The van der Waals surface area contributed by atoms with E-state index in [-0.39, 0.29) is 42.5 Å². The number of ether oxygens (including phenoxy) is 2. The lowest BCUT2D eigenvalue weighted by Crippen LogP contribution is -2.55. The molecule has 1 aromatic heterocycles. The highest BCUT2D eigenvalue weighted by atomic mass is 19.1. The molecular formula is C31H28FN5O9. The summed E-state index contributed by atoms with van der Waals surface area (Å²) in [5.41, 5.74) is 1.39. The lowest BCUT2D eigenvalue weighted by Gasteiger charge is -2.34. The van der Waals surface area contributed by atoms with Gasteiger partial charge in [-0.25, -0.2) is 9.18 Å². The van der Waals surface area contributed by atoms with Crippen molar-refractivity contribution in [2.24, 2.45) is 0 Å². The number of H-pyrrole nitrogens is 1. The summed E-state index contributed by atoms with van der Waals surface area (Å²) in [7, 11) is 1.35. The van der Waals surface area contributed by atoms with Crippen LogP contribution in [0, 0.1) is 5.82 Å². The number of nitrogens with zero attached hydrogens (tertiary/aromatic N) is 3. The number of carbonyl (C=O) groups excluding carboxylic acids is 4. The highest BCUT2D eigenvalue weighted by Gasteiger charge is 2.39. The van der Waals surface area contributed by atoms with Crippen LogP contribution < -0.4 is 16.0 Å². The van der Waals surface area contributed by atoms with Gasteiger partial charge < -0.3 is 29.7 Å². The van der Waals surface area contributed by atoms with Gasteiger partial charge in [-0.05, 0) is 48.0 Å². The number of benzene rings is 3. The molecule has 15 heteroatoms. The van der Waals surface area contributed by atoms with Crippen LogP contribution in [0.2, 0.25) is 0 Å². The van der Waals surface area contributed by atoms with Gasteiger partial charge in [-0.15, -0.1) is 0 Å². The van der Waals surface area contributed by atoms with E-state index in [0.717, 1.165) is 27.5 Å². The minimum atomic E-state index is -1.94. The van der Waals surface area contributed by atoms with Gasteiger partial charge in [-0.3, -0.25) is 28.7 Å². The van der Waals surface area contributed by atoms with E-state index in [2.05, 4.69) is 20.0 Å². The molecule has 0 unspecified atom stereocenters. The Morgan fingerprint density at radius 3 is 2.57 bits per heavy atom. The number of anilines is 2. The number of aliphatic hydroxyl groups is 1. The van der Waals surface area contributed by atoms with E-state index >= 15 is 0 Å². The Labute approximate surface area is 260 Å². The summed E-state index contributed by atoms with van der Waals surface area (Å²) >= 11 is 0. The maximum Gasteiger partial charge on any atom is 0.439 e. The summed E-state index contributed by atoms with van der Waals surface area (Å²) in [6, 6.07) is 18.3. The van der Waals surface area contributed by atoms with E-state index in [0.29, 0.717) is 5.56 Å². The standard InChI is InChI=1S/C31H28FN5O9/c1-36(16-24(38)45-17-18-5-3-2-4-6-18)29(41)20-13-21(32)15-23(14-20)37-11-12-44-26(30(37)42)25(39)28(40)33-22-9-7-19(8-10-22)27-34-31(43)46-35-27/h2-10,13-15,25-26,39H,11-12,16-17H2,1H3,(H,33,40)(H,34,35,43)/t25-,26-/m1/s1. The Balaban J connectivity index is 1.21. The summed E-state index contributed by atoms with van der Waals surface area (Å²) in [6.45, 7) is -0.526. The van der Waals surface area contributed by atoms with E-state index in [9.17, 15) is 33.5 Å². The van der Waals surface area contributed by atoms with Crippen LogP contribution in [0.5, 0.6) is 0 Å². The fourth-order valence-electron chi connectivity index (χ4n) is 4.63. The number of halogens is 1. The fourth-order valence-corrected chi connectivity index (χ4v) is 4.63. The minimum Gasteiger partial charge on any atom is -0.459 e. The molecule has 3 aromatic carbocycles. The number of nitrogens with one attached hydrogen (secondary N) is 2. The monoisotopic (exact) mass is 633 g/mol. The van der Waals surface area contributed by atoms with E-state index in [1.54, 1.807) is 24.3 Å². The molecule has 46 heavy (non-hydrogen) atoms. The van der Waals surface area contributed by atoms with Gasteiger partial charge in [-0.2, -0.15) is 0 Å². The first-order valence-electron chi connectivity index (χ1n) is 13.9. The molecule has 1 aliphatic rings. The Hall–Kier alpha value is -5.67. The van der Waals surface area contributed by atoms with Crippen LogP contribution in [0.15, 0.2) is 82.1 Å². The number of aromatic amines is 1. The summed E-state index contributed by atoms with van der Waals surface area (Å²) < 4.78 is 29.8. The first kappa shape index (κ1) is 31.7. The van der Waals surface area contributed by atoms with Crippen molar-refractivity contribution < 1.29 is 42.7 Å². The van der Waals surface area contributed by atoms with Crippen LogP contribution >= 0.6 is 0 Å². The third-order valence-electron chi connectivity index (χ3n) is 6.94. The topological polar surface area (TPSA) is 184 Å². The number of hydrogen-bond acceptors (Lipinski definition) is 10. The number of hydrogen-bond donors (Lipinski definition) is 3. The largest absolute Gasteiger partial charge is 0.459 e. The van der Waals surface area contributed by atoms with E-state index in [4.69, 9.17) is 9.47 Å². The maximum absolute atomic E-state index is 14.7. The summed E-state index contributed by atoms with van der Waals surface area (Å²) in [5, 5.41) is 16.8. The average Bonchev–Trinajstić information content (AvgIpc) is 3.49. The lowest BCUT2D eigenvalue weighted by atomic mass is 10.1. The summed E-state index contributed by atoms with van der Waals surface area (Å²) in [4.78, 5) is 67.2. The zero-order valence-electron chi connectivity index (χ0n) is 24.3. The number of esters is 1. The number of carbonyl (C=O) groups is 4. The number of morpholine rings is 1. The molecular weight excluding hydrogens is 605 g/mol. The highest BCUT2D eigenvalue weighted by molar-refractivity contribution is 6.04. The van der Waals surface area contributed by atoms with Crippen LogP contribution in [-0.2, 0) is 30.5 Å². The second-order valence-corrected chi connectivity index (χ2v) is 10.2. The van der Waals surface area contributed by atoms with Crippen LogP contribution in [0.4, 0.5) is 15.8 Å². The SMILES string of the molecule is CN(CC(=O)OCc1ccccc1)C(=O)c1cc(F)cc(N2CCO[C@H]([C@@H](O)C(=O)Nc3ccc(-c4noc(=O)[nH]4)cc3)C2=O)c1. The van der Waals surface area contributed by atoms with E-state index in [1.807, 2.05) is 6.07 Å². The van der Waals surface area contributed by atoms with Crippen molar-refractivity contribution in [1.82, 2.24) is 15.0 Å². The number of amides is 3. The van der Waals surface area contributed by atoms with Crippen molar-refractivity contribution >= 4 is 35.1 Å². The Kier molecular flexibility index (Phi) is 9.64. The fraction of sp³-hybridized carbons (Fsp3) is 0.226. The number of rotatable bonds is 10. The molecule has 2 heterocycles. The molecule has 1 fully saturated rings. The third-order valence-corrected chi connectivity index (χ3v) is 6.94. The normalized spacial score (nSPS) is 15.2. The number of aromatic nitrogens is 2. The second kappa shape index (κ2) is 14.0. The first-order valence-corrected chi connectivity index (χ1v) is 13.9. The Bertz CT molecular complexity index is 1790. The predicted octanol–water partition coefficient (Wildman–Crippen LogP) is 1.72. The quantitative estimate of drug-likeness (QED) is 0.217. The zero-order chi connectivity index (χ0) is 32.8. The van der Waals surface area contributed by atoms with Gasteiger partial charge in [0, 0.05) is 36.1 Å². The molecule has 1 saturated heterocycles. The molecule has 0 bridgehead atoms. The van der Waals surface area contributed by atoms with Gasteiger partial charge in [0.15, 0.2) is 18.0 Å². The molecule has 3 amide bonds. The zero-order valence-corrected chi connectivity index (χ0v) is 24.3. The van der Waals surface area contributed by atoms with Crippen molar-refractivity contribution in [2.75, 3.05) is 37.0 Å². The van der Waals surface area contributed by atoms with E-state index < -0.39 is 54.0 Å². The van der Waals surface area contributed by atoms with Gasteiger partial charge in [0.1, 0.15) is 19.0 Å². The van der Waals surface area contributed by atoms with Crippen LogP contribution in [0.3, 0.4) is 0 Å². The molecule has 5 rings (SSSR count). The Morgan fingerprint density at radius 1 is 1.13 bits per heavy atom. The average molecular weight is 634 g/mol. The van der Waals surface area contributed by atoms with Crippen molar-refractivity contribution in [3.63, 3.8) is 0 Å². The molecule has 3 N–H and O–H groups in total. The van der Waals surface area contributed by atoms with Gasteiger partial charge in [0.25, 0.3) is 17.7 Å². The molecule has 4 aromatic rings. The molecule has 14 nitrogen and oxygen atoms in total. The highest BCUT2D eigenvalue weighted by Crippen LogP contribution is 2.25. The molecule has 238 valence electrons. The van der Waals surface area contributed by atoms with Gasteiger partial charge >= 0.3 is 11.7 Å². The Morgan fingerprint density at radius 2 is 1.87 bits per heavy atom.